The molecule has 0 radical (unpaired) electrons. The molecule has 4 N–H and O–H groups in total. The summed E-state index contributed by atoms with van der Waals surface area (Å²) < 4.78 is 15.5. The first-order valence-electron chi connectivity index (χ1n) is 6.70. The van der Waals surface area contributed by atoms with E-state index in [1.165, 1.54) is 0 Å². The number of nitrogens with zero attached hydrogens (tertiary/aromatic N) is 1. The molecule has 118 valence electrons. The van der Waals surface area contributed by atoms with Gasteiger partial charge in [0.15, 0.2) is 0 Å². The monoisotopic (exact) mass is 296 g/mol. The predicted octanol–water partition coefficient (Wildman–Crippen LogP) is 0.649. The van der Waals surface area contributed by atoms with Gasteiger partial charge in [-0.05, 0) is 18.6 Å². The highest BCUT2D eigenvalue weighted by atomic mass is 16.5. The van der Waals surface area contributed by atoms with Crippen LogP contribution in [0, 0.1) is 0 Å². The lowest BCUT2D eigenvalue weighted by molar-refractivity contribution is 0.195. The van der Waals surface area contributed by atoms with E-state index < -0.39 is 0 Å². The third-order valence-corrected chi connectivity index (χ3v) is 2.86. The molecule has 0 aliphatic rings. The van der Waals surface area contributed by atoms with Crippen molar-refractivity contribution in [2.45, 2.75) is 13.0 Å². The molecule has 0 atom stereocenters. The maximum Gasteiger partial charge on any atom is 0.206 e. The Morgan fingerprint density at radius 1 is 1.24 bits per heavy atom. The van der Waals surface area contributed by atoms with Gasteiger partial charge in [0.25, 0.3) is 0 Å². The molecule has 0 aromatic heterocycles. The van der Waals surface area contributed by atoms with Crippen molar-refractivity contribution < 1.29 is 14.2 Å². The largest absolute Gasteiger partial charge is 0.497 e. The van der Waals surface area contributed by atoms with Crippen LogP contribution in [0.2, 0.25) is 0 Å². The van der Waals surface area contributed by atoms with E-state index in [1.807, 2.05) is 18.2 Å². The van der Waals surface area contributed by atoms with E-state index in [9.17, 15) is 0 Å². The van der Waals surface area contributed by atoms with Crippen molar-refractivity contribution in [2.75, 3.05) is 34.5 Å². The molecule has 7 nitrogen and oxygen atoms in total. The average Bonchev–Trinajstić information content (AvgIpc) is 2.54. The van der Waals surface area contributed by atoms with Crippen LogP contribution in [0.3, 0.4) is 0 Å². The van der Waals surface area contributed by atoms with Crippen LogP contribution in [0.4, 0.5) is 0 Å². The quantitative estimate of drug-likeness (QED) is 0.214. The molecule has 0 unspecified atom stereocenters. The summed E-state index contributed by atoms with van der Waals surface area (Å²) in [7, 11) is 4.91. The topological polar surface area (TPSA) is 90.1 Å². The average molecular weight is 296 g/mol. The molecule has 1 rings (SSSR count). The van der Waals surface area contributed by atoms with Gasteiger partial charge in [-0.25, -0.2) is 10.8 Å². The molecule has 0 heterocycles. The zero-order valence-electron chi connectivity index (χ0n) is 12.8. The maximum atomic E-state index is 5.44. The van der Waals surface area contributed by atoms with Gasteiger partial charge in [-0.15, -0.1) is 0 Å². The SMILES string of the molecule is COCCCNC(=NCc1ccc(OC)cc1OC)NN. The maximum absolute atomic E-state index is 5.44. The summed E-state index contributed by atoms with van der Waals surface area (Å²) in [4.78, 5) is 4.38. The molecule has 21 heavy (non-hydrogen) atoms. The summed E-state index contributed by atoms with van der Waals surface area (Å²) >= 11 is 0. The van der Waals surface area contributed by atoms with Crippen LogP contribution in [0.15, 0.2) is 23.2 Å². The Hall–Kier alpha value is -1.99. The number of benzene rings is 1. The lowest BCUT2D eigenvalue weighted by Gasteiger charge is -2.11. The molecular formula is C14H24N4O3. The Morgan fingerprint density at radius 2 is 2.05 bits per heavy atom. The van der Waals surface area contributed by atoms with Gasteiger partial charge in [0.2, 0.25) is 5.96 Å². The number of hydrogen-bond acceptors (Lipinski definition) is 5. The summed E-state index contributed by atoms with van der Waals surface area (Å²) in [6.45, 7) is 1.87. The van der Waals surface area contributed by atoms with Gasteiger partial charge in [0.1, 0.15) is 11.5 Å². The van der Waals surface area contributed by atoms with E-state index in [-0.39, 0.29) is 0 Å². The lowest BCUT2D eigenvalue weighted by Crippen LogP contribution is -2.42. The lowest BCUT2D eigenvalue weighted by atomic mass is 10.2. The minimum Gasteiger partial charge on any atom is -0.497 e. The first-order valence-corrected chi connectivity index (χ1v) is 6.70. The fraction of sp³-hybridized carbons (Fsp3) is 0.500. The normalized spacial score (nSPS) is 11.1. The molecule has 0 bridgehead atoms. The van der Waals surface area contributed by atoms with Crippen LogP contribution in [0.1, 0.15) is 12.0 Å². The summed E-state index contributed by atoms with van der Waals surface area (Å²) in [5.41, 5.74) is 3.49. The van der Waals surface area contributed by atoms with Crippen LogP contribution < -0.4 is 26.1 Å². The number of nitrogens with one attached hydrogen (secondary N) is 2. The number of hydrazine groups is 1. The van der Waals surface area contributed by atoms with Crippen LogP contribution in [0.25, 0.3) is 0 Å². The van der Waals surface area contributed by atoms with Crippen molar-refractivity contribution >= 4 is 5.96 Å². The summed E-state index contributed by atoms with van der Waals surface area (Å²) in [5.74, 6) is 7.45. The van der Waals surface area contributed by atoms with Gasteiger partial charge >= 0.3 is 0 Å². The Bertz CT molecular complexity index is 452. The van der Waals surface area contributed by atoms with Gasteiger partial charge in [-0.1, -0.05) is 0 Å². The molecule has 7 heteroatoms. The number of methoxy groups -OCH3 is 3. The summed E-state index contributed by atoms with van der Waals surface area (Å²) in [6.07, 6.45) is 0.878. The minimum absolute atomic E-state index is 0.448. The first-order chi connectivity index (χ1) is 10.2. The van der Waals surface area contributed by atoms with E-state index in [0.29, 0.717) is 19.1 Å². The number of guanidine groups is 1. The highest BCUT2D eigenvalue weighted by Crippen LogP contribution is 2.24. The fourth-order valence-corrected chi connectivity index (χ4v) is 1.72. The number of ether oxygens (including phenoxy) is 3. The Labute approximate surface area is 125 Å². The Balaban J connectivity index is 2.63. The van der Waals surface area contributed by atoms with Crippen molar-refractivity contribution in [1.29, 1.82) is 0 Å². The molecule has 0 amide bonds. The van der Waals surface area contributed by atoms with E-state index in [2.05, 4.69) is 15.7 Å². The van der Waals surface area contributed by atoms with Crippen LogP contribution >= 0.6 is 0 Å². The second kappa shape index (κ2) is 9.84. The number of nitrogens with two attached hydrogens (primary N) is 1. The predicted molar refractivity (Wildman–Crippen MR) is 82.5 cm³/mol. The highest BCUT2D eigenvalue weighted by molar-refractivity contribution is 5.79. The first kappa shape index (κ1) is 17.1. The molecule has 1 aromatic rings. The van der Waals surface area contributed by atoms with E-state index in [1.54, 1.807) is 21.3 Å². The number of rotatable bonds is 8. The number of aliphatic imine (C=N–C) groups is 1. The highest BCUT2D eigenvalue weighted by Gasteiger charge is 2.05. The van der Waals surface area contributed by atoms with E-state index in [0.717, 1.165) is 30.0 Å². The Morgan fingerprint density at radius 3 is 2.67 bits per heavy atom. The molecule has 1 aromatic carbocycles. The van der Waals surface area contributed by atoms with Crippen molar-refractivity contribution in [3.05, 3.63) is 23.8 Å². The van der Waals surface area contributed by atoms with E-state index in [4.69, 9.17) is 20.1 Å². The second-order valence-corrected chi connectivity index (χ2v) is 4.26. The van der Waals surface area contributed by atoms with Crippen molar-refractivity contribution in [3.8, 4) is 11.5 Å². The second-order valence-electron chi connectivity index (χ2n) is 4.26. The molecule has 0 fully saturated rings. The minimum atomic E-state index is 0.448. The van der Waals surface area contributed by atoms with Crippen molar-refractivity contribution in [2.24, 2.45) is 10.8 Å². The molecule has 0 spiro atoms. The fourth-order valence-electron chi connectivity index (χ4n) is 1.72. The molecule has 0 aliphatic heterocycles. The van der Waals surface area contributed by atoms with Gasteiger partial charge in [0, 0.05) is 31.9 Å². The number of hydrogen-bond donors (Lipinski definition) is 3. The molecular weight excluding hydrogens is 272 g/mol. The third-order valence-electron chi connectivity index (χ3n) is 2.86. The third kappa shape index (κ3) is 5.88. The molecule has 0 saturated heterocycles. The summed E-state index contributed by atoms with van der Waals surface area (Å²) in [6, 6.07) is 5.61. The van der Waals surface area contributed by atoms with Gasteiger partial charge in [-0.2, -0.15) is 0 Å². The van der Waals surface area contributed by atoms with Crippen molar-refractivity contribution in [3.63, 3.8) is 0 Å². The molecule has 0 saturated carbocycles. The van der Waals surface area contributed by atoms with Crippen LogP contribution in [0.5, 0.6) is 11.5 Å². The van der Waals surface area contributed by atoms with Gasteiger partial charge in [-0.3, -0.25) is 5.43 Å². The summed E-state index contributed by atoms with van der Waals surface area (Å²) in [5, 5.41) is 3.10. The smallest absolute Gasteiger partial charge is 0.206 e. The van der Waals surface area contributed by atoms with E-state index >= 15 is 0 Å². The zero-order chi connectivity index (χ0) is 15.5. The van der Waals surface area contributed by atoms with Crippen molar-refractivity contribution in [1.82, 2.24) is 10.7 Å². The van der Waals surface area contributed by atoms with Crippen LogP contribution in [-0.4, -0.2) is 40.4 Å². The standard InChI is InChI=1S/C14H24N4O3/c1-19-8-4-7-16-14(18-15)17-10-11-5-6-12(20-2)9-13(11)21-3/h5-6,9H,4,7-8,10,15H2,1-3H3,(H2,16,17,18). The Kier molecular flexibility index (Phi) is 8.00. The van der Waals surface area contributed by atoms with Crippen LogP contribution in [-0.2, 0) is 11.3 Å². The van der Waals surface area contributed by atoms with Gasteiger partial charge < -0.3 is 19.5 Å². The zero-order valence-corrected chi connectivity index (χ0v) is 12.8. The molecule has 0 aliphatic carbocycles. The van der Waals surface area contributed by atoms with Gasteiger partial charge in [0.05, 0.1) is 20.8 Å².